The Morgan fingerprint density at radius 3 is 2.76 bits per heavy atom. The summed E-state index contributed by atoms with van der Waals surface area (Å²) in [5.41, 5.74) is 1.07. The molecule has 0 radical (unpaired) electrons. The fourth-order valence-corrected chi connectivity index (χ4v) is 2.21. The number of carbonyl (C=O) groups excluding carboxylic acids is 1. The number of hydrogen-bond acceptors (Lipinski definition) is 4. The second kappa shape index (κ2) is 5.70. The molecule has 1 amide bonds. The SMILES string of the molecule is CC(C)(C)OC(=O)Nc1cnc2ccc(Br)c(C#N)c2c1. The highest BCUT2D eigenvalue weighted by Gasteiger charge is 2.16. The van der Waals surface area contributed by atoms with Gasteiger partial charge in [-0.15, -0.1) is 0 Å². The Balaban J connectivity index is 2.35. The molecule has 0 spiro atoms. The van der Waals surface area contributed by atoms with E-state index in [9.17, 15) is 10.1 Å². The number of rotatable bonds is 1. The monoisotopic (exact) mass is 347 g/mol. The van der Waals surface area contributed by atoms with Crippen LogP contribution >= 0.6 is 15.9 Å². The highest BCUT2D eigenvalue weighted by Crippen LogP contribution is 2.26. The maximum atomic E-state index is 11.8. The molecule has 1 aromatic carbocycles. The number of pyridine rings is 1. The summed E-state index contributed by atoms with van der Waals surface area (Å²) in [7, 11) is 0. The number of carbonyl (C=O) groups is 1. The summed E-state index contributed by atoms with van der Waals surface area (Å²) < 4.78 is 5.87. The summed E-state index contributed by atoms with van der Waals surface area (Å²) in [5.74, 6) is 0. The molecule has 0 saturated heterocycles. The molecular formula is C15H14BrN3O2. The van der Waals surface area contributed by atoms with Gasteiger partial charge < -0.3 is 4.74 Å². The fourth-order valence-electron chi connectivity index (χ4n) is 1.78. The molecular weight excluding hydrogens is 334 g/mol. The number of anilines is 1. The van der Waals surface area contributed by atoms with Gasteiger partial charge in [-0.1, -0.05) is 0 Å². The molecule has 1 N–H and O–H groups in total. The zero-order chi connectivity index (χ0) is 15.6. The number of fused-ring (bicyclic) bond motifs is 1. The van der Waals surface area contributed by atoms with Crippen molar-refractivity contribution in [1.82, 2.24) is 4.98 Å². The van der Waals surface area contributed by atoms with Crippen LogP contribution in [-0.2, 0) is 4.74 Å². The second-order valence-electron chi connectivity index (χ2n) is 5.45. The molecule has 1 heterocycles. The van der Waals surface area contributed by atoms with E-state index in [1.165, 1.54) is 6.20 Å². The molecule has 5 nitrogen and oxygen atoms in total. The number of benzene rings is 1. The van der Waals surface area contributed by atoms with E-state index in [1.54, 1.807) is 39.0 Å². The minimum Gasteiger partial charge on any atom is -0.444 e. The van der Waals surface area contributed by atoms with E-state index < -0.39 is 11.7 Å². The van der Waals surface area contributed by atoms with Gasteiger partial charge in [0.05, 0.1) is 23.0 Å². The van der Waals surface area contributed by atoms with Crippen LogP contribution in [-0.4, -0.2) is 16.7 Å². The molecule has 0 aliphatic rings. The Morgan fingerprint density at radius 2 is 2.14 bits per heavy atom. The lowest BCUT2D eigenvalue weighted by Crippen LogP contribution is -2.27. The van der Waals surface area contributed by atoms with E-state index in [1.807, 2.05) is 0 Å². The van der Waals surface area contributed by atoms with E-state index in [0.29, 0.717) is 26.6 Å². The molecule has 0 atom stereocenters. The number of halogens is 1. The Labute approximate surface area is 131 Å². The van der Waals surface area contributed by atoms with Gasteiger partial charge in [-0.2, -0.15) is 5.26 Å². The Bertz CT molecular complexity index is 745. The average molecular weight is 348 g/mol. The van der Waals surface area contributed by atoms with Crippen LogP contribution in [0.4, 0.5) is 10.5 Å². The largest absolute Gasteiger partial charge is 0.444 e. The first-order chi connectivity index (χ1) is 9.80. The van der Waals surface area contributed by atoms with Crippen molar-refractivity contribution in [1.29, 1.82) is 5.26 Å². The van der Waals surface area contributed by atoms with Gasteiger partial charge in [0.15, 0.2) is 0 Å². The number of amides is 1. The van der Waals surface area contributed by atoms with Gasteiger partial charge in [0, 0.05) is 9.86 Å². The van der Waals surface area contributed by atoms with Crippen LogP contribution in [0.15, 0.2) is 28.9 Å². The topological polar surface area (TPSA) is 75.0 Å². The number of aromatic nitrogens is 1. The first kappa shape index (κ1) is 15.3. The summed E-state index contributed by atoms with van der Waals surface area (Å²) in [5, 5.41) is 12.5. The normalized spacial score (nSPS) is 11.0. The molecule has 2 aromatic rings. The maximum absolute atomic E-state index is 11.8. The minimum absolute atomic E-state index is 0.478. The molecule has 0 bridgehead atoms. The minimum atomic E-state index is -0.574. The van der Waals surface area contributed by atoms with E-state index in [-0.39, 0.29) is 0 Å². The molecule has 0 fully saturated rings. The highest BCUT2D eigenvalue weighted by molar-refractivity contribution is 9.10. The van der Waals surface area contributed by atoms with Gasteiger partial charge in [0.25, 0.3) is 0 Å². The Hall–Kier alpha value is -2.13. The lowest BCUT2D eigenvalue weighted by Gasteiger charge is -2.19. The van der Waals surface area contributed by atoms with Gasteiger partial charge >= 0.3 is 6.09 Å². The summed E-state index contributed by atoms with van der Waals surface area (Å²) >= 11 is 3.33. The molecule has 21 heavy (non-hydrogen) atoms. The quantitative estimate of drug-likeness (QED) is 0.837. The predicted octanol–water partition coefficient (Wildman–Crippen LogP) is 4.22. The Morgan fingerprint density at radius 1 is 1.43 bits per heavy atom. The van der Waals surface area contributed by atoms with Crippen molar-refractivity contribution in [3.8, 4) is 6.07 Å². The molecule has 0 saturated carbocycles. The number of nitrogens with one attached hydrogen (secondary N) is 1. The average Bonchev–Trinajstić information content (AvgIpc) is 2.36. The van der Waals surface area contributed by atoms with Gasteiger partial charge in [0.2, 0.25) is 0 Å². The van der Waals surface area contributed by atoms with Crippen LogP contribution < -0.4 is 5.32 Å². The maximum Gasteiger partial charge on any atom is 0.412 e. The molecule has 0 aliphatic heterocycles. The van der Waals surface area contributed by atoms with Crippen LogP contribution in [0.3, 0.4) is 0 Å². The number of nitrogens with zero attached hydrogens (tertiary/aromatic N) is 2. The summed E-state index contributed by atoms with van der Waals surface area (Å²) in [6.07, 6.45) is 0.971. The first-order valence-corrected chi connectivity index (χ1v) is 7.08. The van der Waals surface area contributed by atoms with Crippen molar-refractivity contribution >= 4 is 38.6 Å². The predicted molar refractivity (Wildman–Crippen MR) is 84.0 cm³/mol. The third-order valence-electron chi connectivity index (χ3n) is 2.57. The number of nitriles is 1. The van der Waals surface area contributed by atoms with Crippen LogP contribution in [0, 0.1) is 11.3 Å². The molecule has 2 rings (SSSR count). The molecule has 0 unspecified atom stereocenters. The van der Waals surface area contributed by atoms with Gasteiger partial charge in [0.1, 0.15) is 11.7 Å². The summed E-state index contributed by atoms with van der Waals surface area (Å²) in [6, 6.07) is 7.41. The number of hydrogen-bond donors (Lipinski definition) is 1. The van der Waals surface area contributed by atoms with Crippen LogP contribution in [0.25, 0.3) is 10.9 Å². The van der Waals surface area contributed by atoms with E-state index in [0.717, 1.165) is 0 Å². The molecule has 6 heteroatoms. The standard InChI is InChI=1S/C15H14BrN3O2/c1-15(2,3)21-14(20)19-9-6-10-11(7-17)12(16)4-5-13(10)18-8-9/h4-6,8H,1-3H3,(H,19,20). The van der Waals surface area contributed by atoms with Crippen molar-refractivity contribution in [3.05, 3.63) is 34.4 Å². The third-order valence-corrected chi connectivity index (χ3v) is 3.23. The van der Waals surface area contributed by atoms with E-state index in [2.05, 4.69) is 32.3 Å². The Kier molecular flexibility index (Phi) is 4.14. The first-order valence-electron chi connectivity index (χ1n) is 6.28. The van der Waals surface area contributed by atoms with Crippen molar-refractivity contribution in [2.75, 3.05) is 5.32 Å². The van der Waals surface area contributed by atoms with Crippen molar-refractivity contribution < 1.29 is 9.53 Å². The zero-order valence-corrected chi connectivity index (χ0v) is 13.5. The van der Waals surface area contributed by atoms with Crippen molar-refractivity contribution in [3.63, 3.8) is 0 Å². The van der Waals surface area contributed by atoms with Gasteiger partial charge in [-0.3, -0.25) is 10.3 Å². The molecule has 108 valence electrons. The summed E-state index contributed by atoms with van der Waals surface area (Å²) in [4.78, 5) is 16.0. The van der Waals surface area contributed by atoms with Crippen LogP contribution in [0.1, 0.15) is 26.3 Å². The fraction of sp³-hybridized carbons (Fsp3) is 0.267. The highest BCUT2D eigenvalue weighted by atomic mass is 79.9. The third kappa shape index (κ3) is 3.70. The van der Waals surface area contributed by atoms with E-state index in [4.69, 9.17) is 4.74 Å². The second-order valence-corrected chi connectivity index (χ2v) is 6.31. The van der Waals surface area contributed by atoms with Crippen molar-refractivity contribution in [2.45, 2.75) is 26.4 Å². The van der Waals surface area contributed by atoms with Crippen LogP contribution in [0.5, 0.6) is 0 Å². The van der Waals surface area contributed by atoms with Crippen LogP contribution in [0.2, 0.25) is 0 Å². The van der Waals surface area contributed by atoms with Gasteiger partial charge in [-0.25, -0.2) is 4.79 Å². The summed E-state index contributed by atoms with van der Waals surface area (Å²) in [6.45, 7) is 5.36. The van der Waals surface area contributed by atoms with Gasteiger partial charge in [-0.05, 0) is 54.9 Å². The lowest BCUT2D eigenvalue weighted by atomic mass is 10.1. The van der Waals surface area contributed by atoms with E-state index >= 15 is 0 Å². The zero-order valence-electron chi connectivity index (χ0n) is 11.9. The van der Waals surface area contributed by atoms with Crippen molar-refractivity contribution in [2.24, 2.45) is 0 Å². The lowest BCUT2D eigenvalue weighted by molar-refractivity contribution is 0.0636. The number of ether oxygens (including phenoxy) is 1. The molecule has 1 aromatic heterocycles. The smallest absolute Gasteiger partial charge is 0.412 e. The molecule has 0 aliphatic carbocycles.